The zero-order valence-corrected chi connectivity index (χ0v) is 19.3. The number of rotatable bonds is 10. The third-order valence-electron chi connectivity index (χ3n) is 4.87. The Kier molecular flexibility index (Phi) is 8.93. The molecule has 2 aromatic rings. The van der Waals surface area contributed by atoms with Gasteiger partial charge in [-0.25, -0.2) is 8.42 Å². The Morgan fingerprint density at radius 2 is 1.65 bits per heavy atom. The number of para-hydroxylation sites is 1. The molecule has 0 saturated heterocycles. The van der Waals surface area contributed by atoms with Gasteiger partial charge in [0.25, 0.3) is 5.69 Å². The van der Waals surface area contributed by atoms with Crippen LogP contribution < -0.4 is 0 Å². The normalized spacial score (nSPS) is 12.3. The highest BCUT2D eigenvalue weighted by molar-refractivity contribution is 7.89. The zero-order chi connectivity index (χ0) is 25.5. The third kappa shape index (κ3) is 7.12. The minimum Gasteiger partial charge on any atom is -0.325 e. The lowest BCUT2D eigenvalue weighted by Gasteiger charge is -2.22. The molecule has 0 bridgehead atoms. The molecule has 0 aliphatic heterocycles. The summed E-state index contributed by atoms with van der Waals surface area (Å²) >= 11 is 0. The van der Waals surface area contributed by atoms with Crippen LogP contribution >= 0.6 is 0 Å². The minimum atomic E-state index is -4.71. The van der Waals surface area contributed by atoms with Crippen molar-refractivity contribution in [3.8, 4) is 0 Å². The number of nitro groups is 1. The van der Waals surface area contributed by atoms with Crippen LogP contribution in [-0.4, -0.2) is 54.3 Å². The van der Waals surface area contributed by atoms with Crippen molar-refractivity contribution in [2.75, 3.05) is 19.6 Å². The molecule has 34 heavy (non-hydrogen) atoms. The first-order valence-electron chi connectivity index (χ1n) is 10.2. The second-order valence-corrected chi connectivity index (χ2v) is 9.12. The van der Waals surface area contributed by atoms with E-state index < -0.39 is 45.8 Å². The molecular formula is C22H24F3N3O5S. The van der Waals surface area contributed by atoms with Gasteiger partial charge in [-0.15, -0.1) is 0 Å². The van der Waals surface area contributed by atoms with Gasteiger partial charge < -0.3 is 4.90 Å². The number of nitrogens with zero attached hydrogens (tertiary/aromatic N) is 3. The minimum absolute atomic E-state index is 0.0375. The van der Waals surface area contributed by atoms with Crippen molar-refractivity contribution in [3.05, 3.63) is 75.8 Å². The number of sulfonamides is 1. The Bertz CT molecular complexity index is 1150. The first kappa shape index (κ1) is 27.0. The summed E-state index contributed by atoms with van der Waals surface area (Å²) in [6, 6.07) is 10.8. The number of benzene rings is 2. The van der Waals surface area contributed by atoms with Crippen molar-refractivity contribution < 1.29 is 31.3 Å². The molecule has 2 rings (SSSR count). The lowest BCUT2D eigenvalue weighted by Crippen LogP contribution is -2.37. The molecule has 1 amide bonds. The lowest BCUT2D eigenvalue weighted by molar-refractivity contribution is -0.385. The predicted octanol–water partition coefficient (Wildman–Crippen LogP) is 4.23. The highest BCUT2D eigenvalue weighted by Crippen LogP contribution is 2.23. The first-order chi connectivity index (χ1) is 15.9. The highest BCUT2D eigenvalue weighted by Gasteiger charge is 2.33. The van der Waals surface area contributed by atoms with Gasteiger partial charge >= 0.3 is 6.18 Å². The molecule has 0 radical (unpaired) electrons. The van der Waals surface area contributed by atoms with Gasteiger partial charge in [-0.3, -0.25) is 14.9 Å². The maximum atomic E-state index is 13.1. The van der Waals surface area contributed by atoms with Gasteiger partial charge in [0.05, 0.1) is 16.4 Å². The number of carbonyl (C=O) groups excluding carboxylic acids is 1. The van der Waals surface area contributed by atoms with Gasteiger partial charge in [0, 0.05) is 30.8 Å². The van der Waals surface area contributed by atoms with E-state index in [-0.39, 0.29) is 10.5 Å². The van der Waals surface area contributed by atoms with E-state index in [0.717, 1.165) is 12.1 Å². The average Bonchev–Trinajstić information content (AvgIpc) is 2.77. The molecule has 12 heteroatoms. The van der Waals surface area contributed by atoms with E-state index in [1.54, 1.807) is 13.8 Å². The molecule has 184 valence electrons. The molecule has 0 aromatic heterocycles. The van der Waals surface area contributed by atoms with E-state index >= 15 is 0 Å². The van der Waals surface area contributed by atoms with Crippen molar-refractivity contribution >= 4 is 27.7 Å². The molecule has 8 nitrogen and oxygen atoms in total. The molecule has 0 N–H and O–H groups in total. The van der Waals surface area contributed by atoms with E-state index in [2.05, 4.69) is 0 Å². The van der Waals surface area contributed by atoms with Crippen LogP contribution in [-0.2, 0) is 21.4 Å². The molecule has 2 aromatic carbocycles. The topological polar surface area (TPSA) is 101 Å². The molecule has 0 heterocycles. The van der Waals surface area contributed by atoms with Gasteiger partial charge in [-0.1, -0.05) is 44.2 Å². The molecule has 0 atom stereocenters. The number of hydrogen-bond acceptors (Lipinski definition) is 5. The van der Waals surface area contributed by atoms with Crippen LogP contribution in [0.1, 0.15) is 25.0 Å². The van der Waals surface area contributed by atoms with Crippen LogP contribution in [0.25, 0.3) is 6.08 Å². The van der Waals surface area contributed by atoms with Gasteiger partial charge in [-0.05, 0) is 23.8 Å². The maximum Gasteiger partial charge on any atom is 0.406 e. The summed E-state index contributed by atoms with van der Waals surface area (Å²) in [4.78, 5) is 23.5. The van der Waals surface area contributed by atoms with Crippen LogP contribution in [0, 0.1) is 10.1 Å². The molecule has 0 aliphatic rings. The fourth-order valence-corrected chi connectivity index (χ4v) is 4.65. The highest BCUT2D eigenvalue weighted by atomic mass is 32.2. The fourth-order valence-electron chi connectivity index (χ4n) is 3.19. The Hall–Kier alpha value is -3.25. The Morgan fingerprint density at radius 1 is 1.06 bits per heavy atom. The number of carbonyl (C=O) groups is 1. The summed E-state index contributed by atoms with van der Waals surface area (Å²) < 4.78 is 65.5. The van der Waals surface area contributed by atoms with E-state index in [1.165, 1.54) is 52.8 Å². The maximum absolute atomic E-state index is 13.1. The summed E-state index contributed by atoms with van der Waals surface area (Å²) in [5.41, 5.74) is -0.0367. The Morgan fingerprint density at radius 3 is 2.18 bits per heavy atom. The monoisotopic (exact) mass is 499 g/mol. The number of hydrogen-bond donors (Lipinski definition) is 0. The van der Waals surface area contributed by atoms with Crippen molar-refractivity contribution in [1.29, 1.82) is 0 Å². The van der Waals surface area contributed by atoms with Crippen LogP contribution in [0.4, 0.5) is 18.9 Å². The quantitative estimate of drug-likeness (QED) is 0.277. The van der Waals surface area contributed by atoms with Crippen molar-refractivity contribution in [3.63, 3.8) is 0 Å². The number of amides is 1. The molecular weight excluding hydrogens is 475 g/mol. The number of halogens is 3. The standard InChI is InChI=1S/C22H24F3N3O5S/c1-3-27(4-2)34(32,33)19-12-9-17(10-13-19)11-14-21(29)26(16-22(23,24)25)15-18-7-5-6-8-20(18)28(30)31/h5-14H,3-4,15-16H2,1-2H3/b14-11+. The van der Waals surface area contributed by atoms with Crippen LogP contribution in [0.2, 0.25) is 0 Å². The second kappa shape index (κ2) is 11.3. The van der Waals surface area contributed by atoms with E-state index in [9.17, 15) is 36.5 Å². The van der Waals surface area contributed by atoms with Crippen molar-refractivity contribution in [2.24, 2.45) is 0 Å². The molecule has 0 spiro atoms. The fraction of sp³-hybridized carbons (Fsp3) is 0.318. The molecule has 0 aliphatic carbocycles. The summed E-state index contributed by atoms with van der Waals surface area (Å²) in [6.45, 7) is 1.80. The zero-order valence-electron chi connectivity index (χ0n) is 18.5. The van der Waals surface area contributed by atoms with E-state index in [0.29, 0.717) is 23.6 Å². The van der Waals surface area contributed by atoms with Crippen molar-refractivity contribution in [2.45, 2.75) is 31.5 Å². The summed E-state index contributed by atoms with van der Waals surface area (Å²) in [6.07, 6.45) is -2.55. The SMILES string of the molecule is CCN(CC)S(=O)(=O)c1ccc(/C=C/C(=O)N(Cc2ccccc2[N+](=O)[O-])CC(F)(F)F)cc1. The van der Waals surface area contributed by atoms with E-state index in [4.69, 9.17) is 0 Å². The van der Waals surface area contributed by atoms with Gasteiger partial charge in [0.15, 0.2) is 0 Å². The molecule has 0 unspecified atom stereocenters. The molecule has 0 fully saturated rings. The lowest BCUT2D eigenvalue weighted by atomic mass is 10.1. The predicted molar refractivity (Wildman–Crippen MR) is 120 cm³/mol. The van der Waals surface area contributed by atoms with Crippen LogP contribution in [0.3, 0.4) is 0 Å². The smallest absolute Gasteiger partial charge is 0.325 e. The first-order valence-corrected chi connectivity index (χ1v) is 11.7. The van der Waals surface area contributed by atoms with Gasteiger partial charge in [0.1, 0.15) is 6.54 Å². The summed E-state index contributed by atoms with van der Waals surface area (Å²) in [5.74, 6) is -1.00. The summed E-state index contributed by atoms with van der Waals surface area (Å²) in [5, 5.41) is 11.2. The van der Waals surface area contributed by atoms with Crippen LogP contribution in [0.15, 0.2) is 59.5 Å². The Labute approximate surface area is 195 Å². The van der Waals surface area contributed by atoms with E-state index in [1.807, 2.05) is 0 Å². The average molecular weight is 500 g/mol. The largest absolute Gasteiger partial charge is 0.406 e. The second-order valence-electron chi connectivity index (χ2n) is 7.19. The van der Waals surface area contributed by atoms with Gasteiger partial charge in [-0.2, -0.15) is 17.5 Å². The molecule has 0 saturated carbocycles. The summed E-state index contributed by atoms with van der Waals surface area (Å²) in [7, 11) is -3.67. The number of alkyl halides is 3. The van der Waals surface area contributed by atoms with Crippen LogP contribution in [0.5, 0.6) is 0 Å². The third-order valence-corrected chi connectivity index (χ3v) is 6.94. The number of nitro benzene ring substituents is 1. The van der Waals surface area contributed by atoms with Crippen molar-refractivity contribution in [1.82, 2.24) is 9.21 Å². The Balaban J connectivity index is 2.25. The van der Waals surface area contributed by atoms with Gasteiger partial charge in [0.2, 0.25) is 15.9 Å².